The van der Waals surface area contributed by atoms with Crippen molar-refractivity contribution in [2.24, 2.45) is 0 Å². The molecule has 0 amide bonds. The molecule has 1 N–H and O–H groups in total. The molecule has 0 aliphatic rings. The summed E-state index contributed by atoms with van der Waals surface area (Å²) in [6.45, 7) is 3.10. The summed E-state index contributed by atoms with van der Waals surface area (Å²) in [5, 5.41) is 9.62. The number of nitrogens with zero attached hydrogens (tertiary/aromatic N) is 1. The van der Waals surface area contributed by atoms with Crippen molar-refractivity contribution in [2.75, 3.05) is 4.31 Å². The molecule has 0 aliphatic heterocycles. The van der Waals surface area contributed by atoms with Crippen LogP contribution < -0.4 is 4.31 Å². The van der Waals surface area contributed by atoms with E-state index in [4.69, 9.17) is 23.2 Å². The van der Waals surface area contributed by atoms with Crippen molar-refractivity contribution in [3.05, 3.63) is 58.1 Å². The zero-order valence-corrected chi connectivity index (χ0v) is 15.2. The number of aryl methyl sites for hydroxylation is 1. The smallest absolute Gasteiger partial charge is 0.327 e. The Morgan fingerprint density at radius 1 is 1.12 bits per heavy atom. The predicted molar refractivity (Wildman–Crippen MR) is 94.4 cm³/mol. The monoisotopic (exact) mass is 387 g/mol. The van der Waals surface area contributed by atoms with Crippen LogP contribution in [0.1, 0.15) is 12.5 Å². The number of benzene rings is 2. The largest absolute Gasteiger partial charge is 0.480 e. The minimum Gasteiger partial charge on any atom is -0.480 e. The molecule has 5 nitrogen and oxygen atoms in total. The van der Waals surface area contributed by atoms with E-state index in [0.717, 1.165) is 9.87 Å². The van der Waals surface area contributed by atoms with Crippen LogP contribution >= 0.6 is 23.2 Å². The first-order valence-corrected chi connectivity index (χ1v) is 9.13. The van der Waals surface area contributed by atoms with Crippen molar-refractivity contribution >= 4 is 44.9 Å². The highest BCUT2D eigenvalue weighted by Gasteiger charge is 2.33. The van der Waals surface area contributed by atoms with E-state index in [-0.39, 0.29) is 20.6 Å². The van der Waals surface area contributed by atoms with E-state index >= 15 is 0 Å². The van der Waals surface area contributed by atoms with Gasteiger partial charge < -0.3 is 5.11 Å². The van der Waals surface area contributed by atoms with Crippen molar-refractivity contribution in [1.82, 2.24) is 0 Å². The van der Waals surface area contributed by atoms with Gasteiger partial charge in [0.2, 0.25) is 0 Å². The maximum Gasteiger partial charge on any atom is 0.327 e. The average molecular weight is 388 g/mol. The van der Waals surface area contributed by atoms with Crippen molar-refractivity contribution in [1.29, 1.82) is 0 Å². The molecule has 0 spiro atoms. The van der Waals surface area contributed by atoms with E-state index in [1.165, 1.54) is 25.1 Å². The number of hydrogen-bond donors (Lipinski definition) is 1. The lowest BCUT2D eigenvalue weighted by Gasteiger charge is -2.28. The number of carboxylic acid groups (broad SMARTS) is 1. The zero-order valence-electron chi connectivity index (χ0n) is 12.9. The fourth-order valence-electron chi connectivity index (χ4n) is 2.19. The van der Waals surface area contributed by atoms with E-state index in [0.29, 0.717) is 0 Å². The van der Waals surface area contributed by atoms with Crippen LogP contribution in [-0.2, 0) is 14.8 Å². The molecule has 2 aromatic rings. The maximum absolute atomic E-state index is 13.0. The second kappa shape index (κ2) is 7.01. The van der Waals surface area contributed by atoms with Crippen LogP contribution in [0.4, 0.5) is 5.69 Å². The van der Waals surface area contributed by atoms with Gasteiger partial charge in [0, 0.05) is 0 Å². The summed E-state index contributed by atoms with van der Waals surface area (Å²) in [7, 11) is -4.14. The molecule has 0 bridgehead atoms. The quantitative estimate of drug-likeness (QED) is 0.841. The minimum absolute atomic E-state index is 0.0740. The van der Waals surface area contributed by atoms with E-state index in [2.05, 4.69) is 0 Å². The van der Waals surface area contributed by atoms with Gasteiger partial charge in [0.25, 0.3) is 10.0 Å². The Morgan fingerprint density at radius 3 is 2.33 bits per heavy atom. The standard InChI is InChI=1S/C16H15Cl2NO4S/c1-10-4-3-5-12(8-10)19(11(2)16(20)21)24(22,23)13-6-7-14(17)15(18)9-13/h3-9,11H,1-2H3,(H,20,21). The van der Waals surface area contributed by atoms with Gasteiger partial charge in [-0.1, -0.05) is 35.3 Å². The second-order valence-corrected chi connectivity index (χ2v) is 7.86. The van der Waals surface area contributed by atoms with Gasteiger partial charge in [-0.25, -0.2) is 13.2 Å². The number of sulfonamides is 1. The van der Waals surface area contributed by atoms with Gasteiger partial charge in [0.1, 0.15) is 6.04 Å². The molecule has 0 saturated carbocycles. The highest BCUT2D eigenvalue weighted by Crippen LogP contribution is 2.30. The van der Waals surface area contributed by atoms with Gasteiger partial charge in [0.15, 0.2) is 0 Å². The van der Waals surface area contributed by atoms with Crippen LogP contribution in [0.3, 0.4) is 0 Å². The van der Waals surface area contributed by atoms with E-state index in [1.807, 2.05) is 0 Å². The molecule has 0 aliphatic carbocycles. The summed E-state index contributed by atoms with van der Waals surface area (Å²) in [4.78, 5) is 11.3. The van der Waals surface area contributed by atoms with Crippen LogP contribution in [0, 0.1) is 6.92 Å². The number of aliphatic carboxylic acids is 1. The maximum atomic E-state index is 13.0. The molecule has 24 heavy (non-hydrogen) atoms. The predicted octanol–water partition coefficient (Wildman–Crippen LogP) is 3.97. The fraction of sp³-hybridized carbons (Fsp3) is 0.188. The van der Waals surface area contributed by atoms with Crippen LogP contribution in [0.25, 0.3) is 0 Å². The molecule has 0 saturated heterocycles. The topological polar surface area (TPSA) is 74.7 Å². The number of carbonyl (C=O) groups is 1. The lowest BCUT2D eigenvalue weighted by molar-refractivity contribution is -0.137. The number of rotatable bonds is 5. The summed E-state index contributed by atoms with van der Waals surface area (Å²) in [5.74, 6) is -1.26. The Bertz CT molecular complexity index is 883. The molecule has 0 aromatic heterocycles. The molecule has 2 rings (SSSR count). The first kappa shape index (κ1) is 18.6. The molecule has 0 radical (unpaired) electrons. The van der Waals surface area contributed by atoms with Gasteiger partial charge in [-0.3, -0.25) is 4.31 Å². The van der Waals surface area contributed by atoms with E-state index in [9.17, 15) is 18.3 Å². The summed E-state index contributed by atoms with van der Waals surface area (Å²) in [6.07, 6.45) is 0. The van der Waals surface area contributed by atoms with Crippen LogP contribution in [0.2, 0.25) is 10.0 Å². The highest BCUT2D eigenvalue weighted by atomic mass is 35.5. The molecular formula is C16H15Cl2NO4S. The van der Waals surface area contributed by atoms with Crippen molar-refractivity contribution < 1.29 is 18.3 Å². The van der Waals surface area contributed by atoms with Gasteiger partial charge >= 0.3 is 5.97 Å². The zero-order chi connectivity index (χ0) is 18.1. The number of anilines is 1. The average Bonchev–Trinajstić information content (AvgIpc) is 2.49. The molecule has 2 aromatic carbocycles. The Balaban J connectivity index is 2.65. The normalized spacial score (nSPS) is 12.7. The van der Waals surface area contributed by atoms with Crippen molar-refractivity contribution in [2.45, 2.75) is 24.8 Å². The third-order valence-corrected chi connectivity index (χ3v) is 6.05. The van der Waals surface area contributed by atoms with Gasteiger partial charge in [-0.2, -0.15) is 0 Å². The molecular weight excluding hydrogens is 373 g/mol. The lowest BCUT2D eigenvalue weighted by atomic mass is 10.2. The van der Waals surface area contributed by atoms with Gasteiger partial charge in [0.05, 0.1) is 20.6 Å². The second-order valence-electron chi connectivity index (χ2n) is 5.23. The summed E-state index contributed by atoms with van der Waals surface area (Å²) in [5.41, 5.74) is 1.07. The Kier molecular flexibility index (Phi) is 5.42. The summed E-state index contributed by atoms with van der Waals surface area (Å²) in [6, 6.07) is 9.16. The molecule has 1 unspecified atom stereocenters. The van der Waals surface area contributed by atoms with Crippen molar-refractivity contribution in [3.63, 3.8) is 0 Å². The lowest BCUT2D eigenvalue weighted by Crippen LogP contribution is -2.43. The van der Waals surface area contributed by atoms with Crippen LogP contribution in [0.15, 0.2) is 47.4 Å². The first-order chi connectivity index (χ1) is 11.1. The summed E-state index contributed by atoms with van der Waals surface area (Å²) < 4.78 is 26.9. The molecule has 8 heteroatoms. The number of halogens is 2. The minimum atomic E-state index is -4.14. The van der Waals surface area contributed by atoms with E-state index in [1.54, 1.807) is 31.2 Å². The molecule has 1 atom stereocenters. The molecule has 128 valence electrons. The van der Waals surface area contributed by atoms with Crippen LogP contribution in [0.5, 0.6) is 0 Å². The van der Waals surface area contributed by atoms with Gasteiger partial charge in [-0.15, -0.1) is 0 Å². The number of hydrogen-bond acceptors (Lipinski definition) is 3. The van der Waals surface area contributed by atoms with Crippen molar-refractivity contribution in [3.8, 4) is 0 Å². The fourth-order valence-corrected chi connectivity index (χ4v) is 4.18. The molecule has 0 fully saturated rings. The third kappa shape index (κ3) is 3.66. The third-order valence-electron chi connectivity index (χ3n) is 3.41. The van der Waals surface area contributed by atoms with E-state index < -0.39 is 22.0 Å². The Hall–Kier alpha value is -1.76. The van der Waals surface area contributed by atoms with Gasteiger partial charge in [-0.05, 0) is 49.7 Å². The first-order valence-electron chi connectivity index (χ1n) is 6.93. The molecule has 0 heterocycles. The SMILES string of the molecule is Cc1cccc(N(C(C)C(=O)O)S(=O)(=O)c2ccc(Cl)c(Cl)c2)c1. The highest BCUT2D eigenvalue weighted by molar-refractivity contribution is 7.93. The number of carboxylic acids is 1. The Labute approximate surface area is 150 Å². The van der Waals surface area contributed by atoms with Crippen LogP contribution in [-0.4, -0.2) is 25.5 Å². The Morgan fingerprint density at radius 2 is 1.79 bits per heavy atom. The summed E-state index contributed by atoms with van der Waals surface area (Å²) >= 11 is 11.7.